The molecule has 0 heterocycles. The highest BCUT2D eigenvalue weighted by Gasteiger charge is 2.32. The van der Waals surface area contributed by atoms with Crippen molar-refractivity contribution in [3.8, 4) is 0 Å². The summed E-state index contributed by atoms with van der Waals surface area (Å²) < 4.78 is 29.5. The fourth-order valence-electron chi connectivity index (χ4n) is 3.91. The van der Waals surface area contributed by atoms with E-state index in [0.717, 1.165) is 25.4 Å². The van der Waals surface area contributed by atoms with Gasteiger partial charge in [-0.05, 0) is 91.7 Å². The van der Waals surface area contributed by atoms with Crippen molar-refractivity contribution in [1.29, 1.82) is 0 Å². The molecule has 0 aliphatic heterocycles. The van der Waals surface area contributed by atoms with E-state index in [2.05, 4.69) is 27.9 Å². The van der Waals surface area contributed by atoms with Crippen molar-refractivity contribution >= 4 is 50.1 Å². The molecule has 0 bridgehead atoms. The third kappa shape index (κ3) is 7.57. The van der Waals surface area contributed by atoms with Crippen LogP contribution in [0.5, 0.6) is 0 Å². The third-order valence-corrected chi connectivity index (χ3v) is 8.84. The van der Waals surface area contributed by atoms with Crippen molar-refractivity contribution in [3.05, 3.63) is 93.6 Å². The molecule has 0 spiro atoms. The normalized spacial score (nSPS) is 12.9. The number of hydrogen-bond acceptors (Lipinski definition) is 4. The van der Waals surface area contributed by atoms with Gasteiger partial charge in [0.05, 0.1) is 10.6 Å². The first-order valence-corrected chi connectivity index (χ1v) is 15.0. The lowest BCUT2D eigenvalue weighted by atomic mass is 10.1. The number of amides is 2. The topological polar surface area (TPSA) is 86.8 Å². The second kappa shape index (κ2) is 13.2. The Kier molecular flexibility index (Phi) is 10.3. The predicted octanol–water partition coefficient (Wildman–Crippen LogP) is 5.13. The molecule has 2 amide bonds. The molecule has 0 unspecified atom stereocenters. The number of nitrogens with one attached hydrogen (secondary N) is 1. The highest BCUT2D eigenvalue weighted by Crippen LogP contribution is 2.25. The number of sulfonamides is 1. The van der Waals surface area contributed by atoms with Crippen LogP contribution in [0.3, 0.4) is 0 Å². The van der Waals surface area contributed by atoms with Gasteiger partial charge in [0, 0.05) is 16.2 Å². The molecule has 0 saturated carbocycles. The van der Waals surface area contributed by atoms with Gasteiger partial charge in [0.2, 0.25) is 11.8 Å². The number of aryl methyl sites for hydroxylation is 1. The number of halogens is 1. The van der Waals surface area contributed by atoms with E-state index in [1.54, 1.807) is 49.4 Å². The standard InChI is InChI=1S/C29H34IN3O4S/c1-5-22(3)31-29(35)23(4)32(19-24-11-9-10-21(2)18-24)28(34)20-33(26-16-14-25(30)15-17-26)38(36,37)27-12-7-6-8-13-27/h6-18,22-23H,5,19-20H2,1-4H3,(H,31,35)/t22-,23-/m0/s1. The average molecular weight is 648 g/mol. The Morgan fingerprint density at radius 2 is 1.61 bits per heavy atom. The Morgan fingerprint density at radius 1 is 0.947 bits per heavy atom. The van der Waals surface area contributed by atoms with Crippen molar-refractivity contribution in [2.45, 2.75) is 57.6 Å². The maximum absolute atomic E-state index is 13.9. The second-order valence-corrected chi connectivity index (χ2v) is 12.4. The molecule has 0 aromatic heterocycles. The lowest BCUT2D eigenvalue weighted by Gasteiger charge is -2.32. The molecule has 3 aromatic carbocycles. The molecule has 0 saturated heterocycles. The van der Waals surface area contributed by atoms with Crippen LogP contribution in [-0.4, -0.2) is 43.8 Å². The minimum Gasteiger partial charge on any atom is -0.352 e. The van der Waals surface area contributed by atoms with Crippen LogP contribution in [0.15, 0.2) is 83.8 Å². The lowest BCUT2D eigenvalue weighted by Crippen LogP contribution is -2.52. The van der Waals surface area contributed by atoms with Crippen LogP contribution < -0.4 is 9.62 Å². The molecule has 0 aliphatic carbocycles. The molecule has 0 radical (unpaired) electrons. The molecule has 2 atom stereocenters. The smallest absolute Gasteiger partial charge is 0.264 e. The molecule has 1 N–H and O–H groups in total. The average Bonchev–Trinajstić information content (AvgIpc) is 2.90. The Balaban J connectivity index is 2.01. The molecule has 0 fully saturated rings. The van der Waals surface area contributed by atoms with Gasteiger partial charge in [0.25, 0.3) is 10.0 Å². The zero-order chi connectivity index (χ0) is 27.9. The first-order valence-electron chi connectivity index (χ1n) is 12.5. The molecule has 38 heavy (non-hydrogen) atoms. The third-order valence-electron chi connectivity index (χ3n) is 6.33. The van der Waals surface area contributed by atoms with E-state index in [1.807, 2.05) is 45.0 Å². The minimum atomic E-state index is -4.06. The zero-order valence-corrected chi connectivity index (χ0v) is 25.1. The summed E-state index contributed by atoms with van der Waals surface area (Å²) in [5, 5.41) is 2.94. The van der Waals surface area contributed by atoms with E-state index in [1.165, 1.54) is 17.0 Å². The van der Waals surface area contributed by atoms with Crippen LogP contribution in [0.1, 0.15) is 38.3 Å². The van der Waals surface area contributed by atoms with Crippen molar-refractivity contribution in [1.82, 2.24) is 10.2 Å². The van der Waals surface area contributed by atoms with Gasteiger partial charge in [-0.1, -0.05) is 55.0 Å². The molecule has 9 heteroatoms. The number of rotatable bonds is 11. The summed E-state index contributed by atoms with van der Waals surface area (Å²) in [5.74, 6) is -0.761. The van der Waals surface area contributed by atoms with Crippen molar-refractivity contribution in [3.63, 3.8) is 0 Å². The van der Waals surface area contributed by atoms with E-state index in [-0.39, 0.29) is 23.4 Å². The van der Waals surface area contributed by atoms with Gasteiger partial charge in [-0.25, -0.2) is 8.42 Å². The SMILES string of the molecule is CC[C@H](C)NC(=O)[C@H](C)N(Cc1cccc(C)c1)C(=O)CN(c1ccc(I)cc1)S(=O)(=O)c1ccccc1. The summed E-state index contributed by atoms with van der Waals surface area (Å²) in [6.07, 6.45) is 0.750. The first kappa shape index (κ1) is 29.6. The minimum absolute atomic E-state index is 0.0531. The van der Waals surface area contributed by atoms with Gasteiger partial charge in [-0.3, -0.25) is 13.9 Å². The molecule has 7 nitrogen and oxygen atoms in total. The number of carbonyl (C=O) groups is 2. The van der Waals surface area contributed by atoms with Crippen molar-refractivity contribution in [2.24, 2.45) is 0 Å². The highest BCUT2D eigenvalue weighted by molar-refractivity contribution is 14.1. The summed E-state index contributed by atoms with van der Waals surface area (Å²) in [4.78, 5) is 28.5. The number of hydrogen-bond donors (Lipinski definition) is 1. The maximum atomic E-state index is 13.9. The van der Waals surface area contributed by atoms with Gasteiger partial charge >= 0.3 is 0 Å². The molecule has 3 rings (SSSR count). The van der Waals surface area contributed by atoms with Gasteiger partial charge < -0.3 is 10.2 Å². The van der Waals surface area contributed by atoms with E-state index in [0.29, 0.717) is 5.69 Å². The monoisotopic (exact) mass is 647 g/mol. The number of anilines is 1. The number of carbonyl (C=O) groups excluding carboxylic acids is 2. The summed E-state index contributed by atoms with van der Waals surface area (Å²) in [7, 11) is -4.06. The molecule has 0 aliphatic rings. The number of benzene rings is 3. The fourth-order valence-corrected chi connectivity index (χ4v) is 5.71. The number of nitrogens with zero attached hydrogens (tertiary/aromatic N) is 2. The van der Waals surface area contributed by atoms with Crippen molar-refractivity contribution in [2.75, 3.05) is 10.8 Å². The summed E-state index contributed by atoms with van der Waals surface area (Å²) in [6.45, 7) is 7.22. The molecular formula is C29H34IN3O4S. The predicted molar refractivity (Wildman–Crippen MR) is 159 cm³/mol. The second-order valence-electron chi connectivity index (χ2n) is 9.31. The zero-order valence-electron chi connectivity index (χ0n) is 22.1. The summed E-state index contributed by atoms with van der Waals surface area (Å²) >= 11 is 2.14. The first-order chi connectivity index (χ1) is 18.0. The van der Waals surface area contributed by atoms with E-state index < -0.39 is 28.5 Å². The van der Waals surface area contributed by atoms with E-state index in [9.17, 15) is 18.0 Å². The van der Waals surface area contributed by atoms with E-state index >= 15 is 0 Å². The van der Waals surface area contributed by atoms with Crippen LogP contribution in [0, 0.1) is 10.5 Å². The highest BCUT2D eigenvalue weighted by atomic mass is 127. The Labute approximate surface area is 239 Å². The van der Waals surface area contributed by atoms with Gasteiger partial charge in [-0.15, -0.1) is 0 Å². The van der Waals surface area contributed by atoms with Gasteiger partial charge in [0.1, 0.15) is 12.6 Å². The van der Waals surface area contributed by atoms with Crippen LogP contribution in [0.4, 0.5) is 5.69 Å². The van der Waals surface area contributed by atoms with Crippen LogP contribution >= 0.6 is 22.6 Å². The maximum Gasteiger partial charge on any atom is 0.264 e. The largest absolute Gasteiger partial charge is 0.352 e. The fraction of sp³-hybridized carbons (Fsp3) is 0.310. The van der Waals surface area contributed by atoms with Crippen LogP contribution in [-0.2, 0) is 26.2 Å². The van der Waals surface area contributed by atoms with Crippen LogP contribution in [0.2, 0.25) is 0 Å². The van der Waals surface area contributed by atoms with Gasteiger partial charge in [-0.2, -0.15) is 0 Å². The lowest BCUT2D eigenvalue weighted by molar-refractivity contribution is -0.139. The summed E-state index contributed by atoms with van der Waals surface area (Å²) in [5.41, 5.74) is 2.25. The Bertz CT molecular complexity index is 1350. The summed E-state index contributed by atoms with van der Waals surface area (Å²) in [6, 6.07) is 21.8. The Hall–Kier alpha value is -2.92. The van der Waals surface area contributed by atoms with Crippen LogP contribution in [0.25, 0.3) is 0 Å². The van der Waals surface area contributed by atoms with Gasteiger partial charge in [0.15, 0.2) is 0 Å². The van der Waals surface area contributed by atoms with Crippen molar-refractivity contribution < 1.29 is 18.0 Å². The molecule has 202 valence electrons. The Morgan fingerprint density at radius 3 is 2.21 bits per heavy atom. The molecule has 3 aromatic rings. The molecular weight excluding hydrogens is 613 g/mol. The van der Waals surface area contributed by atoms with E-state index in [4.69, 9.17) is 0 Å². The quantitative estimate of drug-likeness (QED) is 0.293.